The van der Waals surface area contributed by atoms with Crippen LogP contribution in [-0.4, -0.2) is 50.5 Å². The minimum atomic E-state index is -4.71. The van der Waals surface area contributed by atoms with Crippen LogP contribution in [-0.2, 0) is 32.3 Å². The summed E-state index contributed by atoms with van der Waals surface area (Å²) in [6.45, 7) is 3.17. The van der Waals surface area contributed by atoms with Crippen molar-refractivity contribution in [2.24, 2.45) is 0 Å². The van der Waals surface area contributed by atoms with Gasteiger partial charge in [0.2, 0.25) is 21.8 Å². The van der Waals surface area contributed by atoms with E-state index in [0.29, 0.717) is 27.5 Å². The number of anilines is 1. The summed E-state index contributed by atoms with van der Waals surface area (Å²) in [7, 11) is -4.17. The van der Waals surface area contributed by atoms with Crippen molar-refractivity contribution < 1.29 is 31.2 Å². The van der Waals surface area contributed by atoms with Gasteiger partial charge in [0.15, 0.2) is 0 Å². The van der Waals surface area contributed by atoms with E-state index in [4.69, 9.17) is 11.6 Å². The number of amides is 2. The average Bonchev–Trinajstić information content (AvgIpc) is 2.82. The van der Waals surface area contributed by atoms with Gasteiger partial charge in [-0.1, -0.05) is 56.1 Å². The van der Waals surface area contributed by atoms with E-state index < -0.39 is 46.2 Å². The van der Waals surface area contributed by atoms with Gasteiger partial charge >= 0.3 is 6.18 Å². The molecule has 0 aliphatic carbocycles. The number of alkyl halides is 3. The molecule has 2 rings (SSSR count). The SMILES string of the molecule is CCCCNC(=O)[C@H](CC)N(Cc1ccccc1Cl)C(=O)CN(c1cccc(C(F)(F)F)c1)S(C)(=O)=O. The van der Waals surface area contributed by atoms with E-state index in [9.17, 15) is 31.2 Å². The van der Waals surface area contributed by atoms with Crippen molar-refractivity contribution in [3.05, 3.63) is 64.7 Å². The van der Waals surface area contributed by atoms with Crippen molar-refractivity contribution in [2.45, 2.75) is 51.9 Å². The molecule has 0 unspecified atom stereocenters. The molecule has 0 aliphatic rings. The number of unbranched alkanes of at least 4 members (excludes halogenated alkanes) is 1. The summed E-state index contributed by atoms with van der Waals surface area (Å²) in [4.78, 5) is 27.8. The zero-order valence-electron chi connectivity index (χ0n) is 20.9. The number of rotatable bonds is 12. The molecule has 0 aliphatic heterocycles. The summed E-state index contributed by atoms with van der Waals surface area (Å²) in [5, 5.41) is 3.13. The monoisotopic (exact) mass is 561 g/mol. The topological polar surface area (TPSA) is 86.8 Å². The maximum absolute atomic E-state index is 13.6. The molecule has 2 amide bonds. The molecule has 2 aromatic rings. The molecule has 0 fully saturated rings. The van der Waals surface area contributed by atoms with Crippen LogP contribution < -0.4 is 9.62 Å². The third-order valence-corrected chi connectivity index (χ3v) is 7.16. The third kappa shape index (κ3) is 8.63. The van der Waals surface area contributed by atoms with Crippen LogP contribution in [0.4, 0.5) is 18.9 Å². The number of carbonyl (C=O) groups is 2. The fraction of sp³-hybridized carbons (Fsp3) is 0.440. The van der Waals surface area contributed by atoms with Gasteiger partial charge in [0, 0.05) is 18.1 Å². The fourth-order valence-electron chi connectivity index (χ4n) is 3.69. The second-order valence-corrected chi connectivity index (χ2v) is 10.8. The predicted octanol–water partition coefficient (Wildman–Crippen LogP) is 4.85. The van der Waals surface area contributed by atoms with Crippen molar-refractivity contribution in [2.75, 3.05) is 23.7 Å². The molecule has 204 valence electrons. The van der Waals surface area contributed by atoms with Gasteiger partial charge in [0.05, 0.1) is 17.5 Å². The Balaban J connectivity index is 2.47. The van der Waals surface area contributed by atoms with E-state index in [0.717, 1.165) is 31.2 Å². The summed E-state index contributed by atoms with van der Waals surface area (Å²) in [5.41, 5.74) is -0.841. The largest absolute Gasteiger partial charge is 0.416 e. The Bertz CT molecular complexity index is 1190. The van der Waals surface area contributed by atoms with Crippen LogP contribution in [0, 0.1) is 0 Å². The van der Waals surface area contributed by atoms with Crippen LogP contribution in [0.1, 0.15) is 44.2 Å². The zero-order valence-corrected chi connectivity index (χ0v) is 22.5. The van der Waals surface area contributed by atoms with Gasteiger partial charge in [-0.25, -0.2) is 8.42 Å². The summed E-state index contributed by atoms with van der Waals surface area (Å²) in [5.74, 6) is -1.18. The molecule has 7 nitrogen and oxygen atoms in total. The number of nitrogens with zero attached hydrogens (tertiary/aromatic N) is 2. The molecular weight excluding hydrogens is 531 g/mol. The molecule has 1 N–H and O–H groups in total. The molecule has 1 atom stereocenters. The van der Waals surface area contributed by atoms with E-state index in [-0.39, 0.29) is 18.7 Å². The Morgan fingerprint density at radius 1 is 1.08 bits per heavy atom. The Morgan fingerprint density at radius 2 is 1.76 bits per heavy atom. The molecule has 0 saturated carbocycles. The van der Waals surface area contributed by atoms with Crippen LogP contribution in [0.5, 0.6) is 0 Å². The van der Waals surface area contributed by atoms with Crippen molar-refractivity contribution in [1.29, 1.82) is 0 Å². The first-order valence-electron chi connectivity index (χ1n) is 11.7. The molecule has 0 spiro atoms. The van der Waals surface area contributed by atoms with Crippen LogP contribution in [0.3, 0.4) is 0 Å². The van der Waals surface area contributed by atoms with Crippen LogP contribution in [0.25, 0.3) is 0 Å². The zero-order chi connectivity index (χ0) is 27.8. The standard InChI is InChI=1S/C25H31ClF3N3O4S/c1-4-6-14-30-24(34)22(5-2)31(16-18-10-7-8-13-21(18)26)23(33)17-32(37(3,35)36)20-12-9-11-19(15-20)25(27,28)29/h7-13,15,22H,4-6,14,16-17H2,1-3H3,(H,30,34)/t22-/m0/s1. The van der Waals surface area contributed by atoms with E-state index in [2.05, 4.69) is 5.32 Å². The lowest BCUT2D eigenvalue weighted by molar-refractivity contribution is -0.140. The first-order valence-corrected chi connectivity index (χ1v) is 14.0. The number of hydrogen-bond donors (Lipinski definition) is 1. The number of sulfonamides is 1. The van der Waals surface area contributed by atoms with Gasteiger partial charge in [-0.2, -0.15) is 13.2 Å². The third-order valence-electron chi connectivity index (χ3n) is 5.65. The normalized spacial score (nSPS) is 12.6. The van der Waals surface area contributed by atoms with E-state index >= 15 is 0 Å². The molecule has 0 saturated heterocycles. The molecule has 2 aromatic carbocycles. The lowest BCUT2D eigenvalue weighted by Gasteiger charge is -2.33. The van der Waals surface area contributed by atoms with Crippen LogP contribution in [0.2, 0.25) is 5.02 Å². The lowest BCUT2D eigenvalue weighted by Crippen LogP contribution is -2.52. The van der Waals surface area contributed by atoms with E-state index in [1.165, 1.54) is 11.0 Å². The summed E-state index contributed by atoms with van der Waals surface area (Å²) >= 11 is 6.29. The number of hydrogen-bond acceptors (Lipinski definition) is 4. The first kappa shape index (κ1) is 30.4. The highest BCUT2D eigenvalue weighted by molar-refractivity contribution is 7.92. The Kier molecular flexibility index (Phi) is 10.8. The molecule has 37 heavy (non-hydrogen) atoms. The second kappa shape index (κ2) is 13.1. The molecular formula is C25H31ClF3N3O4S. The number of nitrogens with one attached hydrogen (secondary N) is 1. The fourth-order valence-corrected chi connectivity index (χ4v) is 4.72. The van der Waals surface area contributed by atoms with Gasteiger partial charge in [0.1, 0.15) is 12.6 Å². The highest BCUT2D eigenvalue weighted by Gasteiger charge is 2.34. The molecule has 0 heterocycles. The smallest absolute Gasteiger partial charge is 0.354 e. The van der Waals surface area contributed by atoms with E-state index in [1.807, 2.05) is 6.92 Å². The van der Waals surface area contributed by atoms with Gasteiger partial charge in [-0.05, 0) is 42.7 Å². The second-order valence-electron chi connectivity index (χ2n) is 8.50. The minimum Gasteiger partial charge on any atom is -0.354 e. The minimum absolute atomic E-state index is 0.0988. The maximum atomic E-state index is 13.6. The molecule has 0 bridgehead atoms. The molecule has 0 radical (unpaired) electrons. The first-order chi connectivity index (χ1) is 17.3. The Morgan fingerprint density at radius 3 is 2.32 bits per heavy atom. The average molecular weight is 562 g/mol. The maximum Gasteiger partial charge on any atom is 0.416 e. The van der Waals surface area contributed by atoms with Crippen LogP contribution in [0.15, 0.2) is 48.5 Å². The van der Waals surface area contributed by atoms with Crippen molar-refractivity contribution in [3.63, 3.8) is 0 Å². The Labute approximate surface area is 220 Å². The van der Waals surface area contributed by atoms with Gasteiger partial charge in [-0.15, -0.1) is 0 Å². The summed E-state index contributed by atoms with van der Waals surface area (Å²) in [6.07, 6.45) is -2.11. The highest BCUT2D eigenvalue weighted by Crippen LogP contribution is 2.32. The summed E-state index contributed by atoms with van der Waals surface area (Å²) < 4.78 is 65.6. The lowest BCUT2D eigenvalue weighted by atomic mass is 10.1. The van der Waals surface area contributed by atoms with Crippen molar-refractivity contribution in [1.82, 2.24) is 10.2 Å². The predicted molar refractivity (Wildman–Crippen MR) is 138 cm³/mol. The van der Waals surface area contributed by atoms with Gasteiger partial charge in [0.25, 0.3) is 0 Å². The Hall–Kier alpha value is -2.79. The quantitative estimate of drug-likeness (QED) is 0.375. The van der Waals surface area contributed by atoms with Gasteiger partial charge < -0.3 is 10.2 Å². The van der Waals surface area contributed by atoms with Crippen molar-refractivity contribution >= 4 is 39.1 Å². The summed E-state index contributed by atoms with van der Waals surface area (Å²) in [6, 6.07) is 9.46. The highest BCUT2D eigenvalue weighted by atomic mass is 35.5. The molecule has 12 heteroatoms. The van der Waals surface area contributed by atoms with E-state index in [1.54, 1.807) is 31.2 Å². The van der Waals surface area contributed by atoms with Crippen molar-refractivity contribution in [3.8, 4) is 0 Å². The van der Waals surface area contributed by atoms with Gasteiger partial charge in [-0.3, -0.25) is 13.9 Å². The van der Waals surface area contributed by atoms with Crippen LogP contribution >= 0.6 is 11.6 Å². The number of benzene rings is 2. The number of carbonyl (C=O) groups excluding carboxylic acids is 2. The number of halogens is 4. The molecule has 0 aromatic heterocycles.